The van der Waals surface area contributed by atoms with Gasteiger partial charge in [-0.25, -0.2) is 4.90 Å². The molecule has 150 valence electrons. The molecule has 0 aliphatic carbocycles. The van der Waals surface area contributed by atoms with Gasteiger partial charge in [0.25, 0.3) is 11.8 Å². The van der Waals surface area contributed by atoms with Crippen LogP contribution in [0.15, 0.2) is 76.9 Å². The normalized spacial score (nSPS) is 13.9. The van der Waals surface area contributed by atoms with Crippen LogP contribution < -0.4 is 10.2 Å². The Bertz CT molecular complexity index is 1210. The summed E-state index contributed by atoms with van der Waals surface area (Å²) in [6, 6.07) is 20.8. The second-order valence-corrected chi connectivity index (χ2v) is 8.38. The minimum Gasteiger partial charge on any atom is -0.350 e. The first kappa shape index (κ1) is 20.1. The molecule has 0 spiro atoms. The lowest BCUT2D eigenvalue weighted by Gasteiger charge is -2.16. The summed E-state index contributed by atoms with van der Waals surface area (Å²) in [7, 11) is 0. The standard InChI is InChI=1S/C25H21BrN2O2/c1-15-6-4-9-21(12-15)28-24(29)22(18-11-10-16(2)17(3)13-18)23(25(28)30)27-20-8-5-7-19(26)14-20/h4-14,27H,1-3H3. The summed E-state index contributed by atoms with van der Waals surface area (Å²) in [5.41, 5.74) is 5.86. The average molecular weight is 461 g/mol. The maximum Gasteiger partial charge on any atom is 0.282 e. The third kappa shape index (κ3) is 3.68. The zero-order chi connectivity index (χ0) is 21.4. The fourth-order valence-corrected chi connectivity index (χ4v) is 3.92. The number of carbonyl (C=O) groups excluding carboxylic acids is 2. The average Bonchev–Trinajstić information content (AvgIpc) is 2.94. The molecule has 1 aliphatic heterocycles. The molecule has 1 heterocycles. The van der Waals surface area contributed by atoms with E-state index in [9.17, 15) is 9.59 Å². The minimum atomic E-state index is -0.362. The second kappa shape index (κ2) is 7.92. The van der Waals surface area contributed by atoms with Crippen molar-refractivity contribution < 1.29 is 9.59 Å². The Labute approximate surface area is 184 Å². The molecule has 3 aromatic carbocycles. The third-order valence-electron chi connectivity index (χ3n) is 5.23. The number of aryl methyl sites for hydroxylation is 3. The van der Waals surface area contributed by atoms with Crippen molar-refractivity contribution in [2.24, 2.45) is 0 Å². The zero-order valence-electron chi connectivity index (χ0n) is 17.0. The Morgan fingerprint density at radius 3 is 2.27 bits per heavy atom. The number of halogens is 1. The van der Waals surface area contributed by atoms with Gasteiger partial charge in [0.2, 0.25) is 0 Å². The summed E-state index contributed by atoms with van der Waals surface area (Å²) in [6.07, 6.45) is 0. The van der Waals surface area contributed by atoms with Crippen molar-refractivity contribution in [3.05, 3.63) is 99.2 Å². The van der Waals surface area contributed by atoms with Crippen LogP contribution in [0.25, 0.3) is 5.57 Å². The van der Waals surface area contributed by atoms with Crippen LogP contribution in [-0.2, 0) is 9.59 Å². The monoisotopic (exact) mass is 460 g/mol. The summed E-state index contributed by atoms with van der Waals surface area (Å²) < 4.78 is 0.883. The van der Waals surface area contributed by atoms with E-state index in [0.29, 0.717) is 11.3 Å². The van der Waals surface area contributed by atoms with E-state index in [1.54, 1.807) is 6.07 Å². The zero-order valence-corrected chi connectivity index (χ0v) is 18.6. The van der Waals surface area contributed by atoms with E-state index in [2.05, 4.69) is 21.2 Å². The summed E-state index contributed by atoms with van der Waals surface area (Å²) in [5, 5.41) is 3.20. The number of hydrogen-bond acceptors (Lipinski definition) is 3. The third-order valence-corrected chi connectivity index (χ3v) is 5.73. The van der Waals surface area contributed by atoms with Crippen LogP contribution in [-0.4, -0.2) is 11.8 Å². The Hall–Kier alpha value is -3.18. The topological polar surface area (TPSA) is 49.4 Å². The van der Waals surface area contributed by atoms with Gasteiger partial charge in [-0.05, 0) is 73.4 Å². The molecule has 4 rings (SSSR count). The molecule has 3 aromatic rings. The van der Waals surface area contributed by atoms with Crippen molar-refractivity contribution in [3.63, 3.8) is 0 Å². The van der Waals surface area contributed by atoms with Crippen LogP contribution in [0.3, 0.4) is 0 Å². The molecule has 2 amide bonds. The number of nitrogens with zero attached hydrogens (tertiary/aromatic N) is 1. The largest absolute Gasteiger partial charge is 0.350 e. The predicted octanol–water partition coefficient (Wildman–Crippen LogP) is 5.77. The van der Waals surface area contributed by atoms with E-state index in [-0.39, 0.29) is 17.5 Å². The molecule has 0 fully saturated rings. The fraction of sp³-hybridized carbons (Fsp3) is 0.120. The quantitative estimate of drug-likeness (QED) is 0.502. The lowest BCUT2D eigenvalue weighted by Crippen LogP contribution is -2.32. The number of amides is 2. The number of rotatable bonds is 4. The van der Waals surface area contributed by atoms with E-state index in [0.717, 1.165) is 32.4 Å². The van der Waals surface area contributed by atoms with Gasteiger partial charge >= 0.3 is 0 Å². The van der Waals surface area contributed by atoms with E-state index < -0.39 is 0 Å². The van der Waals surface area contributed by atoms with Crippen molar-refractivity contribution in [2.45, 2.75) is 20.8 Å². The van der Waals surface area contributed by atoms with Crippen molar-refractivity contribution in [3.8, 4) is 0 Å². The maximum atomic E-state index is 13.5. The Balaban J connectivity index is 1.86. The van der Waals surface area contributed by atoms with Gasteiger partial charge in [-0.1, -0.05) is 52.3 Å². The van der Waals surface area contributed by atoms with Crippen molar-refractivity contribution in [1.82, 2.24) is 0 Å². The maximum absolute atomic E-state index is 13.5. The smallest absolute Gasteiger partial charge is 0.282 e. The van der Waals surface area contributed by atoms with Gasteiger partial charge in [0.15, 0.2) is 0 Å². The summed E-state index contributed by atoms with van der Waals surface area (Å²) in [6.45, 7) is 5.96. The molecular weight excluding hydrogens is 440 g/mol. The van der Waals surface area contributed by atoms with Crippen LogP contribution >= 0.6 is 15.9 Å². The van der Waals surface area contributed by atoms with Crippen LogP contribution in [0.2, 0.25) is 0 Å². The fourth-order valence-electron chi connectivity index (χ4n) is 3.52. The van der Waals surface area contributed by atoms with Gasteiger partial charge in [0.05, 0.1) is 11.3 Å². The SMILES string of the molecule is Cc1cccc(N2C(=O)C(Nc3cccc(Br)c3)=C(c3ccc(C)c(C)c3)C2=O)c1. The van der Waals surface area contributed by atoms with Crippen molar-refractivity contribution in [1.29, 1.82) is 0 Å². The second-order valence-electron chi connectivity index (χ2n) is 7.47. The molecule has 1 N–H and O–H groups in total. The Kier molecular flexibility index (Phi) is 5.31. The highest BCUT2D eigenvalue weighted by molar-refractivity contribution is 9.10. The molecule has 0 aromatic heterocycles. The highest BCUT2D eigenvalue weighted by Crippen LogP contribution is 2.35. The molecule has 5 heteroatoms. The minimum absolute atomic E-state index is 0.280. The van der Waals surface area contributed by atoms with E-state index in [1.165, 1.54) is 4.90 Å². The number of imide groups is 1. The van der Waals surface area contributed by atoms with E-state index in [1.807, 2.05) is 81.4 Å². The summed E-state index contributed by atoms with van der Waals surface area (Å²) in [4.78, 5) is 28.2. The number of anilines is 2. The number of hydrogen-bond donors (Lipinski definition) is 1. The molecular formula is C25H21BrN2O2. The summed E-state index contributed by atoms with van der Waals surface area (Å²) in [5.74, 6) is -0.690. The van der Waals surface area contributed by atoms with Crippen molar-refractivity contribution >= 4 is 44.7 Å². The van der Waals surface area contributed by atoms with E-state index in [4.69, 9.17) is 0 Å². The summed E-state index contributed by atoms with van der Waals surface area (Å²) >= 11 is 3.45. The first-order valence-corrected chi connectivity index (χ1v) is 10.4. The van der Waals surface area contributed by atoms with Gasteiger partial charge in [0, 0.05) is 10.2 Å². The lowest BCUT2D eigenvalue weighted by molar-refractivity contribution is -0.120. The highest BCUT2D eigenvalue weighted by atomic mass is 79.9. The Morgan fingerprint density at radius 2 is 1.57 bits per heavy atom. The molecule has 0 unspecified atom stereocenters. The molecule has 0 radical (unpaired) electrons. The number of benzene rings is 3. The molecule has 30 heavy (non-hydrogen) atoms. The molecule has 0 saturated carbocycles. The molecule has 1 aliphatic rings. The van der Waals surface area contributed by atoms with E-state index >= 15 is 0 Å². The van der Waals surface area contributed by atoms with Crippen LogP contribution in [0, 0.1) is 20.8 Å². The number of nitrogens with one attached hydrogen (secondary N) is 1. The van der Waals surface area contributed by atoms with Crippen LogP contribution in [0.5, 0.6) is 0 Å². The first-order valence-electron chi connectivity index (χ1n) is 9.65. The van der Waals surface area contributed by atoms with Gasteiger partial charge in [-0.2, -0.15) is 0 Å². The Morgan fingerprint density at radius 1 is 0.800 bits per heavy atom. The van der Waals surface area contributed by atoms with Gasteiger partial charge in [-0.15, -0.1) is 0 Å². The van der Waals surface area contributed by atoms with Crippen LogP contribution in [0.1, 0.15) is 22.3 Å². The predicted molar refractivity (Wildman–Crippen MR) is 124 cm³/mol. The molecule has 0 bridgehead atoms. The highest BCUT2D eigenvalue weighted by Gasteiger charge is 2.40. The molecule has 0 saturated heterocycles. The van der Waals surface area contributed by atoms with Crippen LogP contribution in [0.4, 0.5) is 11.4 Å². The molecule has 4 nitrogen and oxygen atoms in total. The lowest BCUT2D eigenvalue weighted by atomic mass is 9.99. The first-order chi connectivity index (χ1) is 14.3. The van der Waals surface area contributed by atoms with Crippen molar-refractivity contribution in [2.75, 3.05) is 10.2 Å². The van der Waals surface area contributed by atoms with Gasteiger partial charge in [-0.3, -0.25) is 9.59 Å². The van der Waals surface area contributed by atoms with Gasteiger partial charge < -0.3 is 5.32 Å². The number of carbonyl (C=O) groups is 2. The molecule has 0 atom stereocenters. The van der Waals surface area contributed by atoms with Gasteiger partial charge in [0.1, 0.15) is 5.70 Å².